The van der Waals surface area contributed by atoms with Crippen molar-refractivity contribution in [3.63, 3.8) is 0 Å². The number of hydrogen-bond donors (Lipinski definition) is 6. The second kappa shape index (κ2) is 11.3. The monoisotopic (exact) mass is 619 g/mol. The maximum absolute atomic E-state index is 15.0. The number of phenols is 1. The summed E-state index contributed by atoms with van der Waals surface area (Å²) in [6.07, 6.45) is 1.07. The van der Waals surface area contributed by atoms with Crippen LogP contribution in [0.1, 0.15) is 40.4 Å². The van der Waals surface area contributed by atoms with E-state index in [0.29, 0.717) is 17.7 Å². The topological polar surface area (TPSA) is 212 Å². The Hall–Kier alpha value is -4.84. The molecule has 18 heteroatoms. The third-order valence-corrected chi connectivity index (χ3v) is 7.63. The van der Waals surface area contributed by atoms with Crippen LogP contribution >= 0.6 is 0 Å². The molecule has 7 N–H and O–H groups in total. The second-order valence-electron chi connectivity index (χ2n) is 10.8. The molecule has 232 valence electrons. The number of carboxylic acids is 1. The van der Waals surface area contributed by atoms with Crippen LogP contribution in [-0.4, -0.2) is 93.0 Å². The fourth-order valence-electron chi connectivity index (χ4n) is 5.00. The zero-order valence-corrected chi connectivity index (χ0v) is 22.7. The number of carbonyl (C=O) groups is 5. The minimum Gasteiger partial charge on any atom is -0.534 e. The number of carbonyl (C=O) groups excluding carboxylic acids is 4. The molecule has 1 saturated heterocycles. The molecule has 1 aliphatic carbocycles. The van der Waals surface area contributed by atoms with Crippen molar-refractivity contribution in [2.75, 3.05) is 19.6 Å². The van der Waals surface area contributed by atoms with Gasteiger partial charge in [-0.15, -0.1) is 0 Å². The number of benzene rings is 2. The molecule has 44 heavy (non-hydrogen) atoms. The number of phenolic OH excluding ortho intramolecular Hbond substituents is 1. The molecule has 5 amide bonds. The average molecular weight is 619 g/mol. The molecule has 0 radical (unpaired) electrons. The number of urea groups is 1. The largest absolute Gasteiger partial charge is 0.547 e. The number of aromatic carboxylic acids is 1. The van der Waals surface area contributed by atoms with Gasteiger partial charge in [-0.3, -0.25) is 19.3 Å². The smallest absolute Gasteiger partial charge is 0.534 e. The van der Waals surface area contributed by atoms with Crippen LogP contribution in [0, 0.1) is 17.5 Å². The lowest BCUT2D eigenvalue weighted by molar-refractivity contribution is -0.154. The van der Waals surface area contributed by atoms with Crippen LogP contribution in [0.25, 0.3) is 0 Å². The molecule has 0 spiro atoms. The number of rotatable bonds is 7. The summed E-state index contributed by atoms with van der Waals surface area (Å²) >= 11 is 0. The molecule has 2 aromatic rings. The standard InChI is InChI=1S/C26H25BF3N5O9/c28-14-9-13(16(29)17(30)19(14)36)18(33-25(42)35-7-6-34(22(38)23(35)39)10-26(31)4-5-26)21(37)32-15-8-11-2-1-3-12(24(40)41)20(11)44-27(15)43/h1-3,9,15,18,36,43H,4-8,10,31H2,(H,32,37)(H,33,42)(H,40,41)/t15-,18+/m0/s1. The summed E-state index contributed by atoms with van der Waals surface area (Å²) in [6.45, 7) is -0.369. The zero-order valence-electron chi connectivity index (χ0n) is 22.7. The molecule has 0 aromatic heterocycles. The Balaban J connectivity index is 1.39. The summed E-state index contributed by atoms with van der Waals surface area (Å²) in [7, 11) is -1.86. The van der Waals surface area contributed by atoms with Gasteiger partial charge < -0.3 is 41.2 Å². The molecule has 2 fully saturated rings. The number of nitrogens with two attached hydrogens (primary N) is 1. The van der Waals surface area contributed by atoms with E-state index in [1.807, 2.05) is 5.32 Å². The Bertz CT molecular complexity index is 1590. The van der Waals surface area contributed by atoms with Gasteiger partial charge in [0.1, 0.15) is 11.8 Å². The molecule has 0 unspecified atom stereocenters. The first-order chi connectivity index (χ1) is 20.7. The van der Waals surface area contributed by atoms with Crippen molar-refractivity contribution in [3.05, 3.63) is 58.4 Å². The van der Waals surface area contributed by atoms with E-state index >= 15 is 0 Å². The van der Waals surface area contributed by atoms with E-state index in [1.165, 1.54) is 23.1 Å². The highest BCUT2D eigenvalue weighted by Gasteiger charge is 2.46. The van der Waals surface area contributed by atoms with Gasteiger partial charge in [0.15, 0.2) is 17.4 Å². The number of para-hydroxylation sites is 1. The van der Waals surface area contributed by atoms with Crippen LogP contribution in [-0.2, 0) is 20.8 Å². The Morgan fingerprint density at radius 3 is 2.50 bits per heavy atom. The lowest BCUT2D eigenvalue weighted by atomic mass is 9.72. The van der Waals surface area contributed by atoms with Crippen molar-refractivity contribution in [2.24, 2.45) is 5.73 Å². The number of halogens is 3. The van der Waals surface area contributed by atoms with Gasteiger partial charge in [0.05, 0.1) is 11.5 Å². The maximum Gasteiger partial charge on any atom is 0.547 e. The van der Waals surface area contributed by atoms with E-state index < -0.39 is 83.1 Å². The van der Waals surface area contributed by atoms with Gasteiger partial charge in [0.25, 0.3) is 0 Å². The van der Waals surface area contributed by atoms with Gasteiger partial charge in [0, 0.05) is 30.7 Å². The molecule has 2 heterocycles. The van der Waals surface area contributed by atoms with E-state index in [1.54, 1.807) is 0 Å². The molecule has 3 aliphatic rings. The fraction of sp³-hybridized carbons (Fsp3) is 0.346. The number of piperazine rings is 1. The van der Waals surface area contributed by atoms with Gasteiger partial charge >= 0.3 is 30.9 Å². The molecular formula is C26H25BF3N5O9. The summed E-state index contributed by atoms with van der Waals surface area (Å²) in [5.74, 6) is -13.9. The summed E-state index contributed by atoms with van der Waals surface area (Å²) in [5, 5.41) is 33.6. The van der Waals surface area contributed by atoms with E-state index in [4.69, 9.17) is 10.4 Å². The lowest BCUT2D eigenvalue weighted by Gasteiger charge is -2.35. The van der Waals surface area contributed by atoms with Gasteiger partial charge in [-0.1, -0.05) is 12.1 Å². The molecule has 14 nitrogen and oxygen atoms in total. The quantitative estimate of drug-likeness (QED) is 0.134. The molecule has 5 rings (SSSR count). The molecule has 2 aliphatic heterocycles. The highest BCUT2D eigenvalue weighted by Crippen LogP contribution is 2.34. The average Bonchev–Trinajstić information content (AvgIpc) is 3.71. The van der Waals surface area contributed by atoms with Crippen molar-refractivity contribution >= 4 is 36.8 Å². The van der Waals surface area contributed by atoms with Crippen LogP contribution in [0.3, 0.4) is 0 Å². The number of nitrogens with one attached hydrogen (secondary N) is 2. The predicted octanol–water partition coefficient (Wildman–Crippen LogP) is -0.440. The Morgan fingerprint density at radius 1 is 1.14 bits per heavy atom. The number of amides is 5. The first kappa shape index (κ1) is 30.6. The summed E-state index contributed by atoms with van der Waals surface area (Å²) in [6, 6.07) is 0.656. The van der Waals surface area contributed by atoms with E-state index in [0.717, 1.165) is 0 Å². The Kier molecular flexibility index (Phi) is 7.89. The van der Waals surface area contributed by atoms with Crippen LogP contribution in [0.4, 0.5) is 18.0 Å². The normalized spacial score (nSPS) is 19.6. The summed E-state index contributed by atoms with van der Waals surface area (Å²) in [5.41, 5.74) is 4.27. The van der Waals surface area contributed by atoms with Gasteiger partial charge in [0.2, 0.25) is 11.7 Å². The van der Waals surface area contributed by atoms with Crippen LogP contribution in [0.5, 0.6) is 11.5 Å². The van der Waals surface area contributed by atoms with Gasteiger partial charge in [-0.2, -0.15) is 4.39 Å². The Morgan fingerprint density at radius 2 is 1.84 bits per heavy atom. The highest BCUT2D eigenvalue weighted by molar-refractivity contribution is 6.47. The number of nitrogens with zero attached hydrogens (tertiary/aromatic N) is 2. The van der Waals surface area contributed by atoms with Crippen LogP contribution in [0.15, 0.2) is 24.3 Å². The van der Waals surface area contributed by atoms with Crippen molar-refractivity contribution in [2.45, 2.75) is 36.8 Å². The fourth-order valence-corrected chi connectivity index (χ4v) is 5.00. The van der Waals surface area contributed by atoms with E-state index in [2.05, 4.69) is 5.32 Å². The third kappa shape index (κ3) is 5.72. The SMILES string of the molecule is NC1(CN2CCN(C(=O)N[C@@H](C(=O)N[C@H]3Cc4cccc(C(=O)O)c4OB3O)c3cc(F)c(O)c(F)c3F)C(=O)C2=O)CC1. The first-order valence-electron chi connectivity index (χ1n) is 13.3. The number of hydrogen-bond acceptors (Lipinski definition) is 9. The second-order valence-corrected chi connectivity index (χ2v) is 10.8. The van der Waals surface area contributed by atoms with E-state index in [-0.39, 0.29) is 49.0 Å². The molecule has 2 atom stereocenters. The molecular weight excluding hydrogens is 594 g/mol. The van der Waals surface area contributed by atoms with Crippen molar-refractivity contribution < 1.29 is 57.0 Å². The summed E-state index contributed by atoms with van der Waals surface area (Å²) < 4.78 is 48.8. The predicted molar refractivity (Wildman–Crippen MR) is 141 cm³/mol. The zero-order chi connectivity index (χ0) is 32.1. The van der Waals surface area contributed by atoms with Crippen molar-refractivity contribution in [1.82, 2.24) is 20.4 Å². The number of carboxylic acid groups (broad SMARTS) is 1. The van der Waals surface area contributed by atoms with Crippen molar-refractivity contribution in [3.8, 4) is 11.5 Å². The minimum absolute atomic E-state index is 0.0816. The van der Waals surface area contributed by atoms with Crippen LogP contribution in [0.2, 0.25) is 0 Å². The summed E-state index contributed by atoms with van der Waals surface area (Å²) in [4.78, 5) is 65.1. The van der Waals surface area contributed by atoms with Crippen LogP contribution < -0.4 is 21.0 Å². The third-order valence-electron chi connectivity index (χ3n) is 7.63. The van der Waals surface area contributed by atoms with Crippen molar-refractivity contribution in [1.29, 1.82) is 0 Å². The van der Waals surface area contributed by atoms with E-state index in [9.17, 15) is 52.4 Å². The molecule has 0 bridgehead atoms. The van der Waals surface area contributed by atoms with Gasteiger partial charge in [-0.25, -0.2) is 18.4 Å². The highest BCUT2D eigenvalue weighted by atomic mass is 19.2. The first-order valence-corrected chi connectivity index (χ1v) is 13.3. The van der Waals surface area contributed by atoms with Gasteiger partial charge in [-0.05, 0) is 37.0 Å². The maximum atomic E-state index is 15.0. The molecule has 1 saturated carbocycles. The minimum atomic E-state index is -2.27. The number of imide groups is 1. The lowest BCUT2D eigenvalue weighted by Crippen LogP contribution is -2.61. The number of aromatic hydroxyl groups is 1. The molecule has 2 aromatic carbocycles. The number of fused-ring (bicyclic) bond motifs is 1. The Labute approximate surface area is 246 Å².